The number of carbonyl (C=O) groups excluding carboxylic acids is 1. The normalized spacial score (nSPS) is 31.1. The fourth-order valence-electron chi connectivity index (χ4n) is 4.07. The topological polar surface area (TPSA) is 26.3 Å². The number of hydrogen-bond donors (Lipinski definition) is 0. The Labute approximate surface area is 127 Å². The van der Waals surface area contributed by atoms with Gasteiger partial charge in [0, 0.05) is 12.3 Å². The lowest BCUT2D eigenvalue weighted by Crippen LogP contribution is -2.54. The molecule has 2 atom stereocenters. The average molecular weight is 333 g/mol. The van der Waals surface area contributed by atoms with Crippen LogP contribution >= 0.6 is 15.9 Å². The number of alkyl halides is 1. The van der Waals surface area contributed by atoms with Gasteiger partial charge in [-0.1, -0.05) is 27.6 Å². The molecule has 3 heteroatoms. The molecule has 0 bridgehead atoms. The predicted octanol–water partition coefficient (Wildman–Crippen LogP) is 3.91. The smallest absolute Gasteiger partial charge is 0.150 e. The first kappa shape index (κ1) is 12.6. The molecule has 0 radical (unpaired) electrons. The summed E-state index contributed by atoms with van der Waals surface area (Å²) in [6.07, 6.45) is 4.86. The third-order valence-electron chi connectivity index (χ3n) is 5.25. The van der Waals surface area contributed by atoms with Crippen molar-refractivity contribution in [2.45, 2.75) is 36.4 Å². The molecule has 1 saturated carbocycles. The summed E-state index contributed by atoms with van der Waals surface area (Å²) in [7, 11) is 1.72. The lowest BCUT2D eigenvalue weighted by molar-refractivity contribution is -0.130. The van der Waals surface area contributed by atoms with Crippen LogP contribution in [0.3, 0.4) is 0 Å². The summed E-state index contributed by atoms with van der Waals surface area (Å²) in [5.41, 5.74) is 5.82. The lowest BCUT2D eigenvalue weighted by atomic mass is 9.59. The fraction of sp³-hybridized carbons (Fsp3) is 0.471. The van der Waals surface area contributed by atoms with Gasteiger partial charge < -0.3 is 4.74 Å². The number of carbonyl (C=O) groups is 1. The second-order valence-corrected chi connectivity index (χ2v) is 7.48. The summed E-state index contributed by atoms with van der Waals surface area (Å²) >= 11 is 3.73. The van der Waals surface area contributed by atoms with Crippen LogP contribution in [0.2, 0.25) is 0 Å². The minimum atomic E-state index is -0.226. The van der Waals surface area contributed by atoms with Gasteiger partial charge in [0.15, 0.2) is 5.78 Å². The van der Waals surface area contributed by atoms with Crippen molar-refractivity contribution in [3.8, 4) is 5.75 Å². The Morgan fingerprint density at radius 2 is 2.15 bits per heavy atom. The molecule has 0 amide bonds. The van der Waals surface area contributed by atoms with E-state index in [1.807, 2.05) is 0 Å². The van der Waals surface area contributed by atoms with Crippen molar-refractivity contribution < 1.29 is 9.53 Å². The first-order valence-corrected chi connectivity index (χ1v) is 8.04. The lowest BCUT2D eigenvalue weighted by Gasteiger charge is -2.50. The molecule has 0 N–H and O–H groups in total. The second kappa shape index (κ2) is 4.20. The molecule has 1 fully saturated rings. The van der Waals surface area contributed by atoms with Crippen molar-refractivity contribution in [1.29, 1.82) is 0 Å². The molecule has 1 aromatic carbocycles. The highest BCUT2D eigenvalue weighted by Gasteiger charge is 2.56. The number of fused-ring (bicyclic) bond motifs is 4. The fourth-order valence-corrected chi connectivity index (χ4v) is 4.87. The Morgan fingerprint density at radius 1 is 1.30 bits per heavy atom. The summed E-state index contributed by atoms with van der Waals surface area (Å²) in [5.74, 6) is 1.78. The van der Waals surface area contributed by atoms with Gasteiger partial charge in [0.1, 0.15) is 5.75 Å². The van der Waals surface area contributed by atoms with E-state index >= 15 is 0 Å². The number of allylic oxidation sites excluding steroid dienone is 2. The van der Waals surface area contributed by atoms with E-state index in [4.69, 9.17) is 4.74 Å². The van der Waals surface area contributed by atoms with Gasteiger partial charge in [-0.25, -0.2) is 0 Å². The Morgan fingerprint density at radius 3 is 2.90 bits per heavy atom. The number of benzene rings is 1. The van der Waals surface area contributed by atoms with Crippen LogP contribution in [-0.2, 0) is 11.2 Å². The van der Waals surface area contributed by atoms with Gasteiger partial charge in [0.2, 0.25) is 0 Å². The highest BCUT2D eigenvalue weighted by molar-refractivity contribution is 9.10. The van der Waals surface area contributed by atoms with Crippen molar-refractivity contribution in [1.82, 2.24) is 0 Å². The first-order chi connectivity index (χ1) is 9.63. The van der Waals surface area contributed by atoms with Crippen molar-refractivity contribution in [3.05, 3.63) is 34.9 Å². The van der Waals surface area contributed by atoms with E-state index in [0.29, 0.717) is 11.7 Å². The number of halogens is 1. The molecule has 3 aliphatic carbocycles. The number of aryl methyl sites for hydroxylation is 1. The summed E-state index contributed by atoms with van der Waals surface area (Å²) in [6.45, 7) is 0. The summed E-state index contributed by atoms with van der Waals surface area (Å²) in [6, 6.07) is 6.42. The van der Waals surface area contributed by atoms with Crippen LogP contribution in [0.4, 0.5) is 0 Å². The van der Waals surface area contributed by atoms with Crippen LogP contribution in [-0.4, -0.2) is 17.2 Å². The molecule has 2 nitrogen and oxygen atoms in total. The molecule has 0 aliphatic heterocycles. The maximum Gasteiger partial charge on any atom is 0.150 e. The van der Waals surface area contributed by atoms with Crippen LogP contribution in [0.5, 0.6) is 5.75 Å². The Bertz CT molecular complexity index is 646. The minimum absolute atomic E-state index is 0.226. The molecule has 104 valence electrons. The molecule has 1 aromatic rings. The van der Waals surface area contributed by atoms with Gasteiger partial charge in [-0.3, -0.25) is 4.79 Å². The van der Waals surface area contributed by atoms with Crippen LogP contribution in [0.25, 0.3) is 5.57 Å². The van der Waals surface area contributed by atoms with Gasteiger partial charge in [0.05, 0.1) is 11.4 Å². The van der Waals surface area contributed by atoms with E-state index in [0.717, 1.165) is 37.9 Å². The molecule has 0 unspecified atom stereocenters. The van der Waals surface area contributed by atoms with Gasteiger partial charge in [0.25, 0.3) is 0 Å². The molecule has 3 aliphatic rings. The Kier molecular flexibility index (Phi) is 2.65. The third-order valence-corrected chi connectivity index (χ3v) is 6.65. The summed E-state index contributed by atoms with van der Waals surface area (Å²) < 4.78 is 5.10. The predicted molar refractivity (Wildman–Crippen MR) is 82.2 cm³/mol. The van der Waals surface area contributed by atoms with Crippen molar-refractivity contribution >= 4 is 27.3 Å². The highest BCUT2D eigenvalue weighted by atomic mass is 79.9. The van der Waals surface area contributed by atoms with Crippen LogP contribution in [0.15, 0.2) is 23.8 Å². The molecule has 0 spiro atoms. The van der Waals surface area contributed by atoms with E-state index in [1.54, 1.807) is 7.11 Å². The minimum Gasteiger partial charge on any atom is -0.497 e. The number of rotatable bonds is 1. The zero-order valence-electron chi connectivity index (χ0n) is 11.5. The number of Topliss-reactive ketones (excluding diaryl/α,β-unsaturated/α-hetero) is 1. The van der Waals surface area contributed by atoms with Crippen molar-refractivity contribution in [2.75, 3.05) is 7.11 Å². The number of ether oxygens (including phenoxy) is 1. The molecule has 0 heterocycles. The molecular formula is C17H17BrO2. The second-order valence-electron chi connectivity index (χ2n) is 6.07. The van der Waals surface area contributed by atoms with Crippen LogP contribution in [0, 0.1) is 5.92 Å². The zero-order valence-corrected chi connectivity index (χ0v) is 13.1. The monoisotopic (exact) mass is 332 g/mol. The first-order valence-electron chi connectivity index (χ1n) is 7.25. The Hall–Kier alpha value is -1.09. The van der Waals surface area contributed by atoms with Gasteiger partial charge in [-0.15, -0.1) is 0 Å². The van der Waals surface area contributed by atoms with Crippen LogP contribution < -0.4 is 4.74 Å². The molecule has 4 rings (SSSR count). The molecule has 0 saturated heterocycles. The largest absolute Gasteiger partial charge is 0.497 e. The van der Waals surface area contributed by atoms with E-state index in [1.165, 1.54) is 22.3 Å². The molecule has 20 heavy (non-hydrogen) atoms. The SMILES string of the molecule is COc1ccc2c(c1)CCC1=C2CC[C@]2(Br)C(=O)C[C@H]12. The van der Waals surface area contributed by atoms with Gasteiger partial charge >= 0.3 is 0 Å². The van der Waals surface area contributed by atoms with Gasteiger partial charge in [-0.05, 0) is 54.5 Å². The average Bonchev–Trinajstić information content (AvgIpc) is 2.48. The molecule has 0 aromatic heterocycles. The maximum atomic E-state index is 11.9. The number of methoxy groups -OCH3 is 1. The van der Waals surface area contributed by atoms with E-state index in [2.05, 4.69) is 34.1 Å². The maximum absolute atomic E-state index is 11.9. The van der Waals surface area contributed by atoms with Crippen molar-refractivity contribution in [3.63, 3.8) is 0 Å². The van der Waals surface area contributed by atoms with Crippen molar-refractivity contribution in [2.24, 2.45) is 5.92 Å². The van der Waals surface area contributed by atoms with Gasteiger partial charge in [-0.2, -0.15) is 0 Å². The third kappa shape index (κ3) is 1.53. The zero-order chi connectivity index (χ0) is 13.9. The summed E-state index contributed by atoms with van der Waals surface area (Å²) in [5, 5.41) is 0. The Balaban J connectivity index is 1.79. The number of hydrogen-bond acceptors (Lipinski definition) is 2. The van der Waals surface area contributed by atoms with E-state index < -0.39 is 0 Å². The number of ketones is 1. The quantitative estimate of drug-likeness (QED) is 0.729. The van der Waals surface area contributed by atoms with E-state index in [9.17, 15) is 4.79 Å². The summed E-state index contributed by atoms with van der Waals surface area (Å²) in [4.78, 5) is 11.9. The highest BCUT2D eigenvalue weighted by Crippen LogP contribution is 2.57. The van der Waals surface area contributed by atoms with Crippen LogP contribution in [0.1, 0.15) is 36.8 Å². The standard InChI is InChI=1S/C17H17BrO2/c1-20-11-3-5-12-10(8-11)2-4-14-13(12)6-7-17(18)15(14)9-16(17)19/h3,5,8,15H,2,4,6-7,9H2,1H3/t15-,17-/m1/s1. The van der Waals surface area contributed by atoms with E-state index in [-0.39, 0.29) is 4.32 Å². The molecular weight excluding hydrogens is 316 g/mol.